The molecule has 0 atom stereocenters. The Kier molecular flexibility index (Phi) is 6.24. The van der Waals surface area contributed by atoms with E-state index in [-0.39, 0.29) is 5.97 Å². The van der Waals surface area contributed by atoms with Gasteiger partial charge in [-0.1, -0.05) is 49.9 Å². The Balaban J connectivity index is 2.02. The molecule has 116 valence electrons. The molecule has 1 aromatic carbocycles. The van der Waals surface area contributed by atoms with Gasteiger partial charge in [-0.05, 0) is 31.0 Å². The number of hydrogen-bond acceptors (Lipinski definition) is 3. The highest BCUT2D eigenvalue weighted by Gasteiger charge is 2.18. The first-order valence-electron chi connectivity index (χ1n) is 8.04. The van der Waals surface area contributed by atoms with Gasteiger partial charge in [-0.25, -0.2) is 0 Å². The summed E-state index contributed by atoms with van der Waals surface area (Å²) in [6.07, 6.45) is 8.42. The Bertz CT molecular complexity index is 450. The van der Waals surface area contributed by atoms with E-state index in [0.29, 0.717) is 12.5 Å². The molecule has 1 fully saturated rings. The van der Waals surface area contributed by atoms with E-state index in [0.717, 1.165) is 12.1 Å². The lowest BCUT2D eigenvalue weighted by molar-refractivity contribution is -0.139. The van der Waals surface area contributed by atoms with Crippen molar-refractivity contribution in [2.45, 2.75) is 57.5 Å². The lowest BCUT2D eigenvalue weighted by atomic mass is 10.0. The third-order valence-corrected chi connectivity index (χ3v) is 4.55. The maximum absolute atomic E-state index is 11.5. The van der Waals surface area contributed by atoms with Crippen LogP contribution in [0.4, 0.5) is 0 Å². The van der Waals surface area contributed by atoms with Gasteiger partial charge in [0.05, 0.1) is 13.5 Å². The van der Waals surface area contributed by atoms with Gasteiger partial charge in [0.2, 0.25) is 0 Å². The maximum Gasteiger partial charge on any atom is 0.309 e. The summed E-state index contributed by atoms with van der Waals surface area (Å²) in [5.41, 5.74) is 2.33. The van der Waals surface area contributed by atoms with Gasteiger partial charge in [0.15, 0.2) is 0 Å². The van der Waals surface area contributed by atoms with Crippen molar-refractivity contribution in [1.82, 2.24) is 4.90 Å². The standard InChI is InChI=1S/C18H27NO2/c1-19(17-11-5-3-4-6-12-17)14-16-10-8-7-9-15(16)13-18(20)21-2/h7-10,17H,3-6,11-14H2,1-2H3. The van der Waals surface area contributed by atoms with Gasteiger partial charge < -0.3 is 4.74 Å². The average molecular weight is 289 g/mol. The number of rotatable bonds is 5. The van der Waals surface area contributed by atoms with Gasteiger partial charge in [0.1, 0.15) is 0 Å². The first kappa shape index (κ1) is 16.0. The molecule has 0 amide bonds. The van der Waals surface area contributed by atoms with E-state index in [9.17, 15) is 4.79 Å². The minimum Gasteiger partial charge on any atom is -0.469 e. The molecule has 1 aliphatic rings. The number of carbonyl (C=O) groups is 1. The maximum atomic E-state index is 11.5. The van der Waals surface area contributed by atoms with Crippen LogP contribution in [0.15, 0.2) is 24.3 Å². The van der Waals surface area contributed by atoms with Crippen LogP contribution in [0, 0.1) is 0 Å². The summed E-state index contributed by atoms with van der Waals surface area (Å²) in [4.78, 5) is 14.0. The number of carbonyl (C=O) groups excluding carboxylic acids is 1. The fourth-order valence-electron chi connectivity index (χ4n) is 3.21. The van der Waals surface area contributed by atoms with Crippen LogP contribution in [0.1, 0.15) is 49.7 Å². The molecule has 3 nitrogen and oxygen atoms in total. The van der Waals surface area contributed by atoms with Crippen molar-refractivity contribution in [1.29, 1.82) is 0 Å². The fourth-order valence-corrected chi connectivity index (χ4v) is 3.21. The molecule has 0 saturated heterocycles. The zero-order chi connectivity index (χ0) is 15.1. The van der Waals surface area contributed by atoms with Crippen LogP contribution < -0.4 is 0 Å². The summed E-state index contributed by atoms with van der Waals surface area (Å²) in [6.45, 7) is 0.915. The second kappa shape index (κ2) is 8.18. The third-order valence-electron chi connectivity index (χ3n) is 4.55. The van der Waals surface area contributed by atoms with Gasteiger partial charge in [-0.2, -0.15) is 0 Å². The summed E-state index contributed by atoms with van der Waals surface area (Å²) < 4.78 is 4.79. The number of methoxy groups -OCH3 is 1. The highest BCUT2D eigenvalue weighted by Crippen LogP contribution is 2.23. The predicted octanol–water partition coefficient (Wildman–Crippen LogP) is 3.56. The zero-order valence-electron chi connectivity index (χ0n) is 13.3. The average Bonchev–Trinajstić information content (AvgIpc) is 2.78. The molecular formula is C18H27NO2. The van der Waals surface area contributed by atoms with Crippen LogP contribution in [-0.4, -0.2) is 31.1 Å². The van der Waals surface area contributed by atoms with E-state index in [1.54, 1.807) is 0 Å². The van der Waals surface area contributed by atoms with Crippen molar-refractivity contribution in [2.75, 3.05) is 14.2 Å². The fraction of sp³-hybridized carbons (Fsp3) is 0.611. The minimum absolute atomic E-state index is 0.167. The Labute approximate surface area is 128 Å². The Morgan fingerprint density at radius 2 is 1.76 bits per heavy atom. The molecule has 0 aliphatic heterocycles. The largest absolute Gasteiger partial charge is 0.469 e. The van der Waals surface area contributed by atoms with Crippen LogP contribution in [0.5, 0.6) is 0 Å². The van der Waals surface area contributed by atoms with Crippen molar-refractivity contribution >= 4 is 5.97 Å². The molecule has 21 heavy (non-hydrogen) atoms. The van der Waals surface area contributed by atoms with Crippen molar-refractivity contribution in [3.05, 3.63) is 35.4 Å². The van der Waals surface area contributed by atoms with E-state index < -0.39 is 0 Å². The molecule has 0 heterocycles. The first-order chi connectivity index (χ1) is 10.2. The van der Waals surface area contributed by atoms with Crippen LogP contribution in [0.25, 0.3) is 0 Å². The highest BCUT2D eigenvalue weighted by molar-refractivity contribution is 5.72. The van der Waals surface area contributed by atoms with E-state index >= 15 is 0 Å². The van der Waals surface area contributed by atoms with Gasteiger partial charge in [0.25, 0.3) is 0 Å². The number of esters is 1. The van der Waals surface area contributed by atoms with E-state index in [4.69, 9.17) is 4.74 Å². The quantitative estimate of drug-likeness (QED) is 0.613. The molecule has 1 aliphatic carbocycles. The van der Waals surface area contributed by atoms with Gasteiger partial charge >= 0.3 is 5.97 Å². The second-order valence-corrected chi connectivity index (χ2v) is 6.08. The molecule has 0 radical (unpaired) electrons. The van der Waals surface area contributed by atoms with Crippen LogP contribution in [-0.2, 0) is 22.5 Å². The second-order valence-electron chi connectivity index (χ2n) is 6.08. The number of ether oxygens (including phenoxy) is 1. The zero-order valence-corrected chi connectivity index (χ0v) is 13.3. The smallest absolute Gasteiger partial charge is 0.309 e. The summed E-state index contributed by atoms with van der Waals surface area (Å²) in [6, 6.07) is 8.89. The van der Waals surface area contributed by atoms with E-state index in [2.05, 4.69) is 24.1 Å². The summed E-state index contributed by atoms with van der Waals surface area (Å²) in [5.74, 6) is -0.167. The minimum atomic E-state index is -0.167. The monoisotopic (exact) mass is 289 g/mol. The molecule has 0 unspecified atom stereocenters. The summed E-state index contributed by atoms with van der Waals surface area (Å²) >= 11 is 0. The molecule has 0 bridgehead atoms. The van der Waals surface area contributed by atoms with Crippen LogP contribution in [0.3, 0.4) is 0 Å². The summed E-state index contributed by atoms with van der Waals surface area (Å²) in [5, 5.41) is 0. The molecule has 2 rings (SSSR count). The van der Waals surface area contributed by atoms with Gasteiger partial charge in [-0.3, -0.25) is 9.69 Å². The number of nitrogens with zero attached hydrogens (tertiary/aromatic N) is 1. The van der Waals surface area contributed by atoms with Gasteiger partial charge in [0, 0.05) is 12.6 Å². The molecule has 0 aromatic heterocycles. The Morgan fingerprint density at radius 1 is 1.14 bits per heavy atom. The lowest BCUT2D eigenvalue weighted by Crippen LogP contribution is -2.31. The van der Waals surface area contributed by atoms with Crippen molar-refractivity contribution in [3.63, 3.8) is 0 Å². The van der Waals surface area contributed by atoms with Crippen molar-refractivity contribution in [2.24, 2.45) is 0 Å². The predicted molar refractivity (Wildman–Crippen MR) is 85.1 cm³/mol. The number of hydrogen-bond donors (Lipinski definition) is 0. The first-order valence-corrected chi connectivity index (χ1v) is 8.04. The molecule has 1 saturated carbocycles. The third kappa shape index (κ3) is 4.85. The summed E-state index contributed by atoms with van der Waals surface area (Å²) in [7, 11) is 3.66. The van der Waals surface area contributed by atoms with E-state index in [1.807, 2.05) is 12.1 Å². The van der Waals surface area contributed by atoms with Crippen molar-refractivity contribution in [3.8, 4) is 0 Å². The lowest BCUT2D eigenvalue weighted by Gasteiger charge is -2.27. The highest BCUT2D eigenvalue weighted by atomic mass is 16.5. The normalized spacial score (nSPS) is 16.7. The van der Waals surface area contributed by atoms with E-state index in [1.165, 1.54) is 51.2 Å². The molecule has 3 heteroatoms. The molecule has 0 N–H and O–H groups in total. The molecule has 0 spiro atoms. The Morgan fingerprint density at radius 3 is 2.38 bits per heavy atom. The van der Waals surface area contributed by atoms with Crippen LogP contribution >= 0.6 is 0 Å². The number of benzene rings is 1. The topological polar surface area (TPSA) is 29.5 Å². The van der Waals surface area contributed by atoms with Crippen LogP contribution in [0.2, 0.25) is 0 Å². The SMILES string of the molecule is COC(=O)Cc1ccccc1CN(C)C1CCCCCC1. The van der Waals surface area contributed by atoms with Crippen molar-refractivity contribution < 1.29 is 9.53 Å². The molecular weight excluding hydrogens is 262 g/mol. The Hall–Kier alpha value is -1.35. The molecule has 1 aromatic rings. The van der Waals surface area contributed by atoms with Gasteiger partial charge in [-0.15, -0.1) is 0 Å².